The first-order chi connectivity index (χ1) is 10.8. The van der Waals surface area contributed by atoms with E-state index in [1.54, 1.807) is 24.5 Å². The summed E-state index contributed by atoms with van der Waals surface area (Å²) in [6, 6.07) is 8.23. The lowest BCUT2D eigenvalue weighted by molar-refractivity contribution is 0.259. The maximum atomic E-state index is 12.6. The number of hydrogen-bond acceptors (Lipinski definition) is 5. The average molecular weight is 403 g/mol. The van der Waals surface area contributed by atoms with E-state index in [0.717, 1.165) is 0 Å². The summed E-state index contributed by atoms with van der Waals surface area (Å²) in [4.78, 5) is 1.98. The third kappa shape index (κ3) is 4.35. The molecule has 6 nitrogen and oxygen atoms in total. The van der Waals surface area contributed by atoms with Crippen molar-refractivity contribution in [2.45, 2.75) is 10.9 Å². The molecule has 2 aromatic rings. The van der Waals surface area contributed by atoms with Crippen LogP contribution in [-0.4, -0.2) is 41.1 Å². The first-order valence-electron chi connectivity index (χ1n) is 6.88. The third-order valence-electron chi connectivity index (χ3n) is 3.38. The van der Waals surface area contributed by atoms with Crippen molar-refractivity contribution in [2.24, 2.45) is 0 Å². The minimum Gasteiger partial charge on any atom is -0.495 e. The molecular weight excluding hydrogens is 384 g/mol. The predicted molar refractivity (Wildman–Crippen MR) is 91.0 cm³/mol. The van der Waals surface area contributed by atoms with Crippen LogP contribution >= 0.6 is 15.9 Å². The number of nitrogens with zero attached hydrogens (tertiary/aromatic N) is 1. The predicted octanol–water partition coefficient (Wildman–Crippen LogP) is 2.63. The van der Waals surface area contributed by atoms with Gasteiger partial charge in [-0.3, -0.25) is 4.90 Å². The Morgan fingerprint density at radius 2 is 2.09 bits per heavy atom. The highest BCUT2D eigenvalue weighted by Gasteiger charge is 2.24. The van der Waals surface area contributed by atoms with Crippen molar-refractivity contribution in [2.75, 3.05) is 27.7 Å². The number of methoxy groups -OCH3 is 1. The molecule has 0 spiro atoms. The van der Waals surface area contributed by atoms with E-state index in [1.165, 1.54) is 13.2 Å². The molecule has 2 rings (SSSR count). The van der Waals surface area contributed by atoms with Crippen LogP contribution in [0, 0.1) is 0 Å². The Balaban J connectivity index is 2.23. The van der Waals surface area contributed by atoms with Gasteiger partial charge in [0, 0.05) is 11.0 Å². The Hall–Kier alpha value is -1.35. The summed E-state index contributed by atoms with van der Waals surface area (Å²) in [6.07, 6.45) is 1.57. The molecule has 1 aromatic heterocycles. The topological polar surface area (TPSA) is 71.8 Å². The van der Waals surface area contributed by atoms with Crippen molar-refractivity contribution >= 4 is 26.0 Å². The molecule has 0 aliphatic carbocycles. The van der Waals surface area contributed by atoms with Gasteiger partial charge in [-0.25, -0.2) is 13.1 Å². The van der Waals surface area contributed by atoms with Crippen LogP contribution < -0.4 is 9.46 Å². The number of hydrogen-bond donors (Lipinski definition) is 1. The average Bonchev–Trinajstić information content (AvgIpc) is 3.01. The molecule has 0 aliphatic rings. The molecule has 0 aliphatic heterocycles. The Kier molecular flexibility index (Phi) is 5.85. The highest BCUT2D eigenvalue weighted by molar-refractivity contribution is 9.10. The van der Waals surface area contributed by atoms with E-state index < -0.39 is 10.0 Å². The van der Waals surface area contributed by atoms with Crippen LogP contribution in [0.3, 0.4) is 0 Å². The van der Waals surface area contributed by atoms with Gasteiger partial charge in [0.2, 0.25) is 10.0 Å². The molecule has 0 amide bonds. The van der Waals surface area contributed by atoms with Crippen molar-refractivity contribution in [1.82, 2.24) is 9.62 Å². The largest absolute Gasteiger partial charge is 0.495 e. The highest BCUT2D eigenvalue weighted by atomic mass is 79.9. The smallest absolute Gasteiger partial charge is 0.244 e. The number of likely N-dealkylation sites (N-methyl/N-ethyl adjacent to an activating group) is 1. The molecular formula is C15H19BrN2O4S. The number of halogens is 1. The summed E-state index contributed by atoms with van der Waals surface area (Å²) in [7, 11) is 1.44. The fraction of sp³-hybridized carbons (Fsp3) is 0.333. The number of ether oxygens (including phenoxy) is 1. The van der Waals surface area contributed by atoms with E-state index in [-0.39, 0.29) is 17.5 Å². The zero-order chi connectivity index (χ0) is 17.0. The molecule has 0 radical (unpaired) electrons. The highest BCUT2D eigenvalue weighted by Crippen LogP contribution is 2.27. The summed E-state index contributed by atoms with van der Waals surface area (Å²) in [5.74, 6) is 0.985. The van der Waals surface area contributed by atoms with Gasteiger partial charge in [-0.15, -0.1) is 0 Å². The first-order valence-corrected chi connectivity index (χ1v) is 9.16. The summed E-state index contributed by atoms with van der Waals surface area (Å²) in [5.41, 5.74) is 0. The molecule has 8 heteroatoms. The molecule has 0 fully saturated rings. The number of nitrogens with one attached hydrogen (secondary N) is 1. The first kappa shape index (κ1) is 18.0. The van der Waals surface area contributed by atoms with Gasteiger partial charge in [0.05, 0.1) is 19.4 Å². The van der Waals surface area contributed by atoms with E-state index in [1.807, 2.05) is 25.1 Å². The minimum atomic E-state index is -3.72. The second-order valence-electron chi connectivity index (χ2n) is 5.14. The summed E-state index contributed by atoms with van der Waals surface area (Å²) in [5, 5.41) is 0. The van der Waals surface area contributed by atoms with E-state index in [4.69, 9.17) is 9.15 Å². The lowest BCUT2D eigenvalue weighted by atomic mass is 10.2. The third-order valence-corrected chi connectivity index (χ3v) is 5.31. The molecule has 0 saturated carbocycles. The van der Waals surface area contributed by atoms with Crippen LogP contribution in [0.2, 0.25) is 0 Å². The quantitative estimate of drug-likeness (QED) is 0.770. The van der Waals surface area contributed by atoms with Crippen LogP contribution in [0.25, 0.3) is 0 Å². The van der Waals surface area contributed by atoms with Gasteiger partial charge in [0.15, 0.2) is 0 Å². The monoisotopic (exact) mass is 402 g/mol. The Morgan fingerprint density at radius 3 is 2.65 bits per heavy atom. The number of sulfonamides is 1. The zero-order valence-corrected chi connectivity index (χ0v) is 15.5. The molecule has 0 saturated heterocycles. The van der Waals surface area contributed by atoms with Gasteiger partial charge in [-0.05, 0) is 44.4 Å². The lowest BCUT2D eigenvalue weighted by Gasteiger charge is -2.22. The molecule has 1 atom stereocenters. The maximum absolute atomic E-state index is 12.6. The van der Waals surface area contributed by atoms with Crippen molar-refractivity contribution in [3.63, 3.8) is 0 Å². The summed E-state index contributed by atoms with van der Waals surface area (Å²) >= 11 is 3.28. The van der Waals surface area contributed by atoms with Crippen molar-refractivity contribution in [3.8, 4) is 5.75 Å². The molecule has 0 bridgehead atoms. The van der Waals surface area contributed by atoms with Crippen LogP contribution in [-0.2, 0) is 10.0 Å². The zero-order valence-electron chi connectivity index (χ0n) is 13.1. The number of furan rings is 1. The van der Waals surface area contributed by atoms with Gasteiger partial charge in [0.25, 0.3) is 0 Å². The van der Waals surface area contributed by atoms with E-state index in [0.29, 0.717) is 16.0 Å². The second kappa shape index (κ2) is 7.48. The van der Waals surface area contributed by atoms with E-state index >= 15 is 0 Å². The van der Waals surface area contributed by atoms with Crippen LogP contribution in [0.1, 0.15) is 11.8 Å². The fourth-order valence-electron chi connectivity index (χ4n) is 2.15. The maximum Gasteiger partial charge on any atom is 0.244 e. The summed E-state index contributed by atoms with van der Waals surface area (Å²) in [6.45, 7) is 0.179. The second-order valence-corrected chi connectivity index (χ2v) is 7.79. The summed E-state index contributed by atoms with van der Waals surface area (Å²) < 4.78 is 39.0. The Bertz CT molecular complexity index is 745. The normalized spacial score (nSPS) is 13.3. The van der Waals surface area contributed by atoms with Crippen LogP contribution in [0.4, 0.5) is 0 Å². The number of benzene rings is 1. The van der Waals surface area contributed by atoms with E-state index in [9.17, 15) is 8.42 Å². The molecule has 1 aromatic carbocycles. The van der Waals surface area contributed by atoms with Gasteiger partial charge >= 0.3 is 0 Å². The lowest BCUT2D eigenvalue weighted by Crippen LogP contribution is -2.34. The van der Waals surface area contributed by atoms with Crippen molar-refractivity contribution < 1.29 is 17.6 Å². The SMILES string of the molecule is COc1ccc(Br)cc1S(=O)(=O)NCC(c1ccco1)N(C)C. The molecule has 126 valence electrons. The number of rotatable bonds is 7. The van der Waals surface area contributed by atoms with Crippen molar-refractivity contribution in [1.29, 1.82) is 0 Å². The molecule has 1 N–H and O–H groups in total. The standard InChI is InChI=1S/C15H19BrN2O4S/c1-18(2)12(13-5-4-8-22-13)10-17-23(19,20)15-9-11(16)6-7-14(15)21-3/h4-9,12,17H,10H2,1-3H3. The van der Waals surface area contributed by atoms with Gasteiger partial charge in [0.1, 0.15) is 16.4 Å². The Morgan fingerprint density at radius 1 is 1.35 bits per heavy atom. The Labute approximate surface area is 144 Å². The van der Waals surface area contributed by atoms with Crippen LogP contribution in [0.5, 0.6) is 5.75 Å². The van der Waals surface area contributed by atoms with E-state index in [2.05, 4.69) is 20.7 Å². The van der Waals surface area contributed by atoms with Gasteiger partial charge < -0.3 is 9.15 Å². The molecule has 1 unspecified atom stereocenters. The van der Waals surface area contributed by atoms with Gasteiger partial charge in [-0.2, -0.15) is 0 Å². The van der Waals surface area contributed by atoms with Crippen molar-refractivity contribution in [3.05, 3.63) is 46.8 Å². The van der Waals surface area contributed by atoms with Crippen LogP contribution in [0.15, 0.2) is 50.4 Å². The molecule has 1 heterocycles. The molecule has 23 heavy (non-hydrogen) atoms. The van der Waals surface area contributed by atoms with Gasteiger partial charge in [-0.1, -0.05) is 15.9 Å². The minimum absolute atomic E-state index is 0.0892. The fourth-order valence-corrected chi connectivity index (χ4v) is 3.89.